The van der Waals surface area contributed by atoms with Crippen molar-refractivity contribution in [2.75, 3.05) is 12.4 Å². The molecule has 0 radical (unpaired) electrons. The Labute approximate surface area is 102 Å². The SMILES string of the molecule is Cc1ccccc1OS(=O)CCOS(=O)(=O)O. The third kappa shape index (κ3) is 5.78. The molecule has 0 saturated carbocycles. The highest BCUT2D eigenvalue weighted by Gasteiger charge is 2.09. The Morgan fingerprint density at radius 2 is 2.00 bits per heavy atom. The first-order chi connectivity index (χ1) is 7.88. The van der Waals surface area contributed by atoms with E-state index in [9.17, 15) is 12.6 Å². The topological polar surface area (TPSA) is 89.9 Å². The molecule has 1 rings (SSSR count). The zero-order valence-corrected chi connectivity index (χ0v) is 10.7. The molecule has 1 aromatic carbocycles. The summed E-state index contributed by atoms with van der Waals surface area (Å²) >= 11 is -1.72. The van der Waals surface area contributed by atoms with Crippen LogP contribution in [0.5, 0.6) is 5.75 Å². The second-order valence-corrected chi connectivity index (χ2v) is 5.38. The van der Waals surface area contributed by atoms with E-state index in [1.807, 2.05) is 6.07 Å². The summed E-state index contributed by atoms with van der Waals surface area (Å²) in [5, 5.41) is 0. The van der Waals surface area contributed by atoms with Gasteiger partial charge in [0.05, 0.1) is 12.4 Å². The summed E-state index contributed by atoms with van der Waals surface area (Å²) in [7, 11) is -4.49. The van der Waals surface area contributed by atoms with Gasteiger partial charge in [-0.3, -0.25) is 4.55 Å². The van der Waals surface area contributed by atoms with Crippen molar-refractivity contribution in [2.45, 2.75) is 6.92 Å². The van der Waals surface area contributed by atoms with Crippen LogP contribution >= 0.6 is 0 Å². The maximum absolute atomic E-state index is 11.4. The van der Waals surface area contributed by atoms with Gasteiger partial charge in [0.15, 0.2) is 0 Å². The van der Waals surface area contributed by atoms with Crippen LogP contribution in [0, 0.1) is 6.92 Å². The molecule has 96 valence electrons. The summed E-state index contributed by atoms with van der Waals surface area (Å²) in [6.07, 6.45) is 0. The highest BCUT2D eigenvalue weighted by Crippen LogP contribution is 2.17. The molecule has 0 aliphatic carbocycles. The molecule has 0 aliphatic heterocycles. The van der Waals surface area contributed by atoms with Gasteiger partial charge in [0.25, 0.3) is 0 Å². The summed E-state index contributed by atoms with van der Waals surface area (Å²) in [5.74, 6) is 0.298. The lowest BCUT2D eigenvalue weighted by atomic mass is 10.2. The van der Waals surface area contributed by atoms with Crippen molar-refractivity contribution in [3.8, 4) is 5.75 Å². The minimum absolute atomic E-state index is 0.159. The molecule has 1 N–H and O–H groups in total. The first-order valence-electron chi connectivity index (χ1n) is 4.62. The molecule has 0 saturated heterocycles. The predicted molar refractivity (Wildman–Crippen MR) is 62.3 cm³/mol. The Morgan fingerprint density at radius 3 is 2.59 bits per heavy atom. The van der Waals surface area contributed by atoms with Crippen LogP contribution in [0.15, 0.2) is 24.3 Å². The minimum Gasteiger partial charge on any atom is -0.400 e. The molecule has 0 amide bonds. The fourth-order valence-corrected chi connectivity index (χ4v) is 2.09. The number of rotatable bonds is 6. The molecule has 1 atom stereocenters. The molecule has 0 aromatic heterocycles. The fourth-order valence-electron chi connectivity index (χ4n) is 0.999. The lowest BCUT2D eigenvalue weighted by molar-refractivity contribution is 0.283. The van der Waals surface area contributed by atoms with E-state index in [1.165, 1.54) is 0 Å². The Balaban J connectivity index is 2.43. The van der Waals surface area contributed by atoms with Crippen molar-refractivity contribution in [3.63, 3.8) is 0 Å². The normalized spacial score (nSPS) is 13.3. The van der Waals surface area contributed by atoms with Crippen LogP contribution in [0.2, 0.25) is 0 Å². The van der Waals surface area contributed by atoms with Crippen molar-refractivity contribution in [1.82, 2.24) is 0 Å². The van der Waals surface area contributed by atoms with Crippen LogP contribution in [0.4, 0.5) is 0 Å². The summed E-state index contributed by atoms with van der Waals surface area (Å²) < 4.78 is 49.2. The van der Waals surface area contributed by atoms with E-state index in [4.69, 9.17) is 8.74 Å². The van der Waals surface area contributed by atoms with E-state index in [0.717, 1.165) is 5.56 Å². The van der Waals surface area contributed by atoms with E-state index in [0.29, 0.717) is 5.75 Å². The first-order valence-corrected chi connectivity index (χ1v) is 7.23. The van der Waals surface area contributed by atoms with Gasteiger partial charge in [-0.2, -0.15) is 8.42 Å². The second kappa shape index (κ2) is 6.10. The van der Waals surface area contributed by atoms with Gasteiger partial charge in [-0.25, -0.2) is 8.39 Å². The Kier molecular flexibility index (Phi) is 5.06. The average Bonchev–Trinajstić information content (AvgIpc) is 2.19. The smallest absolute Gasteiger partial charge is 0.397 e. The highest BCUT2D eigenvalue weighted by molar-refractivity contribution is 7.81. The van der Waals surface area contributed by atoms with E-state index >= 15 is 0 Å². The minimum atomic E-state index is -4.49. The van der Waals surface area contributed by atoms with E-state index in [1.54, 1.807) is 25.1 Å². The molecular formula is C9H12O6S2. The molecule has 1 unspecified atom stereocenters. The quantitative estimate of drug-likeness (QED) is 0.777. The van der Waals surface area contributed by atoms with Gasteiger partial charge in [-0.15, -0.1) is 0 Å². The number of hydrogen-bond acceptors (Lipinski definition) is 5. The van der Waals surface area contributed by atoms with Crippen LogP contribution in [0.1, 0.15) is 5.56 Å². The summed E-state index contributed by atoms with van der Waals surface area (Å²) in [4.78, 5) is 0. The van der Waals surface area contributed by atoms with Crippen LogP contribution in [0.3, 0.4) is 0 Å². The average molecular weight is 280 g/mol. The van der Waals surface area contributed by atoms with Crippen LogP contribution < -0.4 is 4.18 Å². The summed E-state index contributed by atoms with van der Waals surface area (Å²) in [6.45, 7) is 1.39. The maximum atomic E-state index is 11.4. The zero-order chi connectivity index (χ0) is 12.9. The molecule has 0 spiro atoms. The van der Waals surface area contributed by atoms with E-state index in [-0.39, 0.29) is 5.75 Å². The zero-order valence-electron chi connectivity index (χ0n) is 9.03. The molecule has 8 heteroatoms. The number of hydrogen-bond donors (Lipinski definition) is 1. The first kappa shape index (κ1) is 14.1. The Bertz CT molecular complexity index is 496. The van der Waals surface area contributed by atoms with Crippen molar-refractivity contribution in [3.05, 3.63) is 29.8 Å². The molecule has 6 nitrogen and oxygen atoms in total. The number of aryl methyl sites for hydroxylation is 1. The van der Waals surface area contributed by atoms with Gasteiger partial charge in [-0.05, 0) is 18.6 Å². The van der Waals surface area contributed by atoms with E-state index < -0.39 is 28.1 Å². The summed E-state index contributed by atoms with van der Waals surface area (Å²) in [5.41, 5.74) is 0.816. The molecule has 0 aliphatic rings. The van der Waals surface area contributed by atoms with Gasteiger partial charge in [-0.1, -0.05) is 18.2 Å². The second-order valence-electron chi connectivity index (χ2n) is 3.11. The van der Waals surface area contributed by atoms with Gasteiger partial charge in [0, 0.05) is 0 Å². The third-order valence-corrected chi connectivity index (χ3v) is 3.09. The highest BCUT2D eigenvalue weighted by atomic mass is 32.3. The van der Waals surface area contributed by atoms with Gasteiger partial charge in [0.1, 0.15) is 5.75 Å². The number of benzene rings is 1. The lowest BCUT2D eigenvalue weighted by Crippen LogP contribution is -2.14. The molecule has 17 heavy (non-hydrogen) atoms. The summed E-state index contributed by atoms with van der Waals surface area (Å²) in [6, 6.07) is 6.98. The van der Waals surface area contributed by atoms with Crippen LogP contribution in [-0.2, 0) is 25.7 Å². The third-order valence-electron chi connectivity index (χ3n) is 1.76. The standard InChI is InChI=1S/C9H12O6S2/c1-8-4-2-3-5-9(8)15-16(10)7-6-14-17(11,12)13/h2-5H,6-7H2,1H3,(H,11,12,13). The fraction of sp³-hybridized carbons (Fsp3) is 0.333. The van der Waals surface area contributed by atoms with Crippen LogP contribution in [-0.4, -0.2) is 29.5 Å². The molecule has 0 heterocycles. The van der Waals surface area contributed by atoms with Crippen molar-refractivity contribution in [1.29, 1.82) is 0 Å². The van der Waals surface area contributed by atoms with Gasteiger partial charge < -0.3 is 4.18 Å². The molecular weight excluding hydrogens is 268 g/mol. The van der Waals surface area contributed by atoms with Crippen molar-refractivity contribution >= 4 is 21.5 Å². The predicted octanol–water partition coefficient (Wildman–Crippen LogP) is 0.857. The number of para-hydroxylation sites is 1. The lowest BCUT2D eigenvalue weighted by Gasteiger charge is -2.06. The molecule has 0 fully saturated rings. The van der Waals surface area contributed by atoms with Gasteiger partial charge in [0.2, 0.25) is 11.1 Å². The van der Waals surface area contributed by atoms with Crippen molar-refractivity contribution < 1.29 is 25.5 Å². The molecule has 1 aromatic rings. The largest absolute Gasteiger partial charge is 0.400 e. The Morgan fingerprint density at radius 1 is 1.35 bits per heavy atom. The molecule has 0 bridgehead atoms. The van der Waals surface area contributed by atoms with E-state index in [2.05, 4.69) is 4.18 Å². The Hall–Kier alpha value is -0.960. The maximum Gasteiger partial charge on any atom is 0.397 e. The monoisotopic (exact) mass is 280 g/mol. The van der Waals surface area contributed by atoms with Crippen LogP contribution in [0.25, 0.3) is 0 Å². The van der Waals surface area contributed by atoms with Gasteiger partial charge >= 0.3 is 10.4 Å². The van der Waals surface area contributed by atoms with Crippen molar-refractivity contribution in [2.24, 2.45) is 0 Å².